The van der Waals surface area contributed by atoms with E-state index in [2.05, 4.69) is 32.5 Å². The van der Waals surface area contributed by atoms with E-state index in [1.807, 2.05) is 20.2 Å². The molecule has 0 spiro atoms. The maximum Gasteiger partial charge on any atom is 0.239 e. The molecule has 6 heteroatoms. The molecule has 0 radical (unpaired) electrons. The van der Waals surface area contributed by atoms with E-state index in [1.54, 1.807) is 0 Å². The summed E-state index contributed by atoms with van der Waals surface area (Å²) in [5.74, 6) is 0.448. The van der Waals surface area contributed by atoms with Crippen LogP contribution in [-0.2, 0) is 6.42 Å². The third kappa shape index (κ3) is 2.39. The largest absolute Gasteiger partial charge is 0.308 e. The van der Waals surface area contributed by atoms with Gasteiger partial charge in [-0.15, -0.1) is 0 Å². The SMILES string of the molecule is CN(C)CCN=C1N=c2ccc3c(c2N(O)N1)CCC=3. The normalized spacial score (nSPS) is 18.4. The fourth-order valence-corrected chi connectivity index (χ4v) is 2.51. The van der Waals surface area contributed by atoms with Crippen LogP contribution < -0.4 is 21.2 Å². The van der Waals surface area contributed by atoms with Gasteiger partial charge in [0.05, 0.1) is 11.9 Å². The first-order valence-corrected chi connectivity index (χ1v) is 6.81. The number of benzene rings is 1. The van der Waals surface area contributed by atoms with Crippen molar-refractivity contribution in [3.05, 3.63) is 28.3 Å². The number of fused-ring (bicyclic) bond motifs is 3. The molecule has 0 saturated heterocycles. The summed E-state index contributed by atoms with van der Waals surface area (Å²) in [6.07, 6.45) is 4.15. The highest BCUT2D eigenvalue weighted by molar-refractivity contribution is 5.84. The molecule has 1 aromatic rings. The number of rotatable bonds is 3. The Hall–Kier alpha value is -1.92. The molecule has 6 nitrogen and oxygen atoms in total. The Morgan fingerprint density at radius 2 is 2.30 bits per heavy atom. The first-order valence-electron chi connectivity index (χ1n) is 6.81. The van der Waals surface area contributed by atoms with E-state index in [4.69, 9.17) is 0 Å². The molecule has 0 aromatic heterocycles. The summed E-state index contributed by atoms with van der Waals surface area (Å²) in [6, 6.07) is 3.99. The van der Waals surface area contributed by atoms with Crippen molar-refractivity contribution in [3.8, 4) is 0 Å². The van der Waals surface area contributed by atoms with Gasteiger partial charge in [-0.3, -0.25) is 5.21 Å². The molecule has 2 aliphatic rings. The van der Waals surface area contributed by atoms with Crippen molar-refractivity contribution in [2.75, 3.05) is 32.4 Å². The zero-order valence-electron chi connectivity index (χ0n) is 11.8. The Kier molecular flexibility index (Phi) is 3.42. The molecule has 0 atom stereocenters. The van der Waals surface area contributed by atoms with Gasteiger partial charge in [-0.1, -0.05) is 12.1 Å². The first kappa shape index (κ1) is 13.1. The predicted molar refractivity (Wildman–Crippen MR) is 78.3 cm³/mol. The average Bonchev–Trinajstić information content (AvgIpc) is 2.86. The molecule has 1 aliphatic heterocycles. The summed E-state index contributed by atoms with van der Waals surface area (Å²) in [6.45, 7) is 1.48. The summed E-state index contributed by atoms with van der Waals surface area (Å²) in [5, 5.41) is 13.2. The van der Waals surface area contributed by atoms with Gasteiger partial charge in [0.1, 0.15) is 5.69 Å². The van der Waals surface area contributed by atoms with Gasteiger partial charge < -0.3 is 4.90 Å². The average molecular weight is 273 g/mol. The fraction of sp³-hybridized carbons (Fsp3) is 0.429. The minimum absolute atomic E-state index is 0.448. The van der Waals surface area contributed by atoms with Crippen LogP contribution in [0.2, 0.25) is 0 Å². The molecular weight excluding hydrogens is 254 g/mol. The van der Waals surface area contributed by atoms with Crippen LogP contribution in [0.4, 0.5) is 5.69 Å². The third-order valence-electron chi connectivity index (χ3n) is 3.51. The number of nitrogens with zero attached hydrogens (tertiary/aromatic N) is 4. The lowest BCUT2D eigenvalue weighted by Crippen LogP contribution is -2.47. The molecule has 0 unspecified atom stereocenters. The lowest BCUT2D eigenvalue weighted by molar-refractivity contribution is 0.231. The zero-order chi connectivity index (χ0) is 14.1. The van der Waals surface area contributed by atoms with Crippen LogP contribution in [0.5, 0.6) is 0 Å². The number of hydrogen-bond donors (Lipinski definition) is 2. The molecule has 0 bridgehead atoms. The van der Waals surface area contributed by atoms with Crippen molar-refractivity contribution in [1.29, 1.82) is 0 Å². The van der Waals surface area contributed by atoms with Crippen molar-refractivity contribution in [2.24, 2.45) is 9.98 Å². The van der Waals surface area contributed by atoms with Crippen molar-refractivity contribution < 1.29 is 5.21 Å². The molecule has 1 aromatic carbocycles. The quantitative estimate of drug-likeness (QED) is 0.791. The van der Waals surface area contributed by atoms with Crippen molar-refractivity contribution in [2.45, 2.75) is 12.8 Å². The maximum atomic E-state index is 10.2. The van der Waals surface area contributed by atoms with Crippen molar-refractivity contribution in [1.82, 2.24) is 10.3 Å². The van der Waals surface area contributed by atoms with Crippen molar-refractivity contribution >= 4 is 17.7 Å². The second-order valence-corrected chi connectivity index (χ2v) is 5.29. The topological polar surface area (TPSA) is 63.5 Å². The highest BCUT2D eigenvalue weighted by Crippen LogP contribution is 2.17. The Morgan fingerprint density at radius 3 is 3.10 bits per heavy atom. The molecular formula is C14H19N5O. The molecule has 3 rings (SSSR count). The zero-order valence-corrected chi connectivity index (χ0v) is 11.8. The standard InChI is InChI=1S/C14H19N5O/c1-18(2)9-8-15-14-16-12-7-6-10-4-3-5-11(10)13(12)19(20)17-14/h4,6-7,20H,3,5,8-9H2,1-2H3,(H,15,17). The van der Waals surface area contributed by atoms with Crippen LogP contribution in [0, 0.1) is 0 Å². The Labute approximate surface area is 117 Å². The lowest BCUT2D eigenvalue weighted by Gasteiger charge is -2.24. The molecule has 106 valence electrons. The van der Waals surface area contributed by atoms with Crippen molar-refractivity contribution in [3.63, 3.8) is 0 Å². The molecule has 2 N–H and O–H groups in total. The molecule has 1 heterocycles. The fourth-order valence-electron chi connectivity index (χ4n) is 2.51. The lowest BCUT2D eigenvalue weighted by atomic mass is 10.1. The Morgan fingerprint density at radius 1 is 1.45 bits per heavy atom. The van der Waals surface area contributed by atoms with Gasteiger partial charge in [-0.05, 0) is 43.8 Å². The van der Waals surface area contributed by atoms with Gasteiger partial charge in [0.15, 0.2) is 0 Å². The summed E-state index contributed by atoms with van der Waals surface area (Å²) in [5.41, 5.74) is 4.72. The second kappa shape index (κ2) is 5.22. The molecule has 0 fully saturated rings. The van der Waals surface area contributed by atoms with Gasteiger partial charge in [-0.2, -0.15) is 5.17 Å². The summed E-state index contributed by atoms with van der Waals surface area (Å²) in [7, 11) is 4.00. The van der Waals surface area contributed by atoms with Crippen LogP contribution >= 0.6 is 0 Å². The summed E-state index contributed by atoms with van der Waals surface area (Å²) >= 11 is 0. The van der Waals surface area contributed by atoms with Gasteiger partial charge in [-0.25, -0.2) is 15.4 Å². The second-order valence-electron chi connectivity index (χ2n) is 5.29. The van der Waals surface area contributed by atoms with E-state index in [1.165, 1.54) is 5.22 Å². The van der Waals surface area contributed by atoms with E-state index in [0.717, 1.165) is 41.2 Å². The van der Waals surface area contributed by atoms with Gasteiger partial charge in [0.25, 0.3) is 0 Å². The molecule has 1 aliphatic carbocycles. The highest BCUT2D eigenvalue weighted by Gasteiger charge is 2.20. The van der Waals surface area contributed by atoms with Crippen LogP contribution in [0.3, 0.4) is 0 Å². The van der Waals surface area contributed by atoms with Crippen LogP contribution in [0.15, 0.2) is 22.1 Å². The monoisotopic (exact) mass is 273 g/mol. The van der Waals surface area contributed by atoms with E-state index in [0.29, 0.717) is 12.5 Å². The number of likely N-dealkylation sites (N-methyl/N-ethyl adjacent to an activating group) is 1. The number of anilines is 1. The van der Waals surface area contributed by atoms with E-state index < -0.39 is 0 Å². The summed E-state index contributed by atoms with van der Waals surface area (Å²) in [4.78, 5) is 10.9. The van der Waals surface area contributed by atoms with Gasteiger partial charge >= 0.3 is 0 Å². The Balaban J connectivity index is 1.96. The number of aliphatic imine (C=N–C) groups is 1. The molecule has 0 amide bonds. The highest BCUT2D eigenvalue weighted by atomic mass is 16.5. The predicted octanol–water partition coefficient (Wildman–Crippen LogP) is -0.336. The van der Waals surface area contributed by atoms with Crippen LogP contribution in [0.25, 0.3) is 6.08 Å². The number of guanidine groups is 1. The molecule has 20 heavy (non-hydrogen) atoms. The minimum atomic E-state index is 0.448. The third-order valence-corrected chi connectivity index (χ3v) is 3.51. The van der Waals surface area contributed by atoms with E-state index in [-0.39, 0.29) is 0 Å². The first-order chi connectivity index (χ1) is 9.65. The minimum Gasteiger partial charge on any atom is -0.308 e. The van der Waals surface area contributed by atoms with Crippen LogP contribution in [-0.4, -0.2) is 43.3 Å². The number of hydrazine groups is 1. The number of nitrogens with one attached hydrogen (secondary N) is 1. The van der Waals surface area contributed by atoms with Crippen LogP contribution in [0.1, 0.15) is 12.0 Å². The maximum absolute atomic E-state index is 10.2. The van der Waals surface area contributed by atoms with Gasteiger partial charge in [0, 0.05) is 6.54 Å². The number of hydrogen-bond acceptors (Lipinski definition) is 4. The summed E-state index contributed by atoms with van der Waals surface area (Å²) < 4.78 is 0. The van der Waals surface area contributed by atoms with Gasteiger partial charge in [0.2, 0.25) is 5.96 Å². The molecule has 0 saturated carbocycles. The van der Waals surface area contributed by atoms with E-state index in [9.17, 15) is 5.21 Å². The Bertz CT molecular complexity index is 665. The van der Waals surface area contributed by atoms with E-state index >= 15 is 0 Å². The smallest absolute Gasteiger partial charge is 0.239 e.